The maximum Gasteiger partial charge on any atom is 0.348 e. The first kappa shape index (κ1) is 29.0. The summed E-state index contributed by atoms with van der Waals surface area (Å²) < 4.78 is 41.7. The number of carbonyl (C=O) groups is 1. The average Bonchev–Trinajstić information content (AvgIpc) is 2.72. The molecule has 0 saturated carbocycles. The molecule has 1 aromatic rings. The first-order valence-electron chi connectivity index (χ1n) is 11.5. The van der Waals surface area contributed by atoms with E-state index >= 15 is 0 Å². The molecular weight excluding hydrogens is 479 g/mol. The predicted molar refractivity (Wildman–Crippen MR) is 139 cm³/mol. The fourth-order valence-corrected chi connectivity index (χ4v) is 7.93. The van der Waals surface area contributed by atoms with Crippen molar-refractivity contribution in [2.24, 2.45) is 0 Å². The van der Waals surface area contributed by atoms with Gasteiger partial charge < -0.3 is 14.6 Å². The lowest BCUT2D eigenvalue weighted by Crippen LogP contribution is -2.46. The Morgan fingerprint density at radius 3 is 2.24 bits per heavy atom. The molecule has 1 aliphatic rings. The van der Waals surface area contributed by atoms with Crippen molar-refractivity contribution in [3.63, 3.8) is 0 Å². The fraction of sp³-hybridized carbons (Fsp3) is 0.640. The maximum atomic E-state index is 13.3. The van der Waals surface area contributed by atoms with Crippen molar-refractivity contribution in [1.29, 1.82) is 0 Å². The zero-order chi connectivity index (χ0) is 25.9. The maximum absolute atomic E-state index is 13.3. The second-order valence-corrected chi connectivity index (χ2v) is 15.3. The molecule has 0 bridgehead atoms. The Hall–Kier alpha value is -1.26. The lowest BCUT2D eigenvalue weighted by molar-refractivity contribution is -0.137. The molecule has 1 aliphatic heterocycles. The summed E-state index contributed by atoms with van der Waals surface area (Å²) in [4.78, 5) is 12.7. The van der Waals surface area contributed by atoms with Gasteiger partial charge in [-0.1, -0.05) is 0 Å². The van der Waals surface area contributed by atoms with Crippen molar-refractivity contribution in [3.8, 4) is 0 Å². The van der Waals surface area contributed by atoms with Crippen molar-refractivity contribution in [2.75, 3.05) is 13.2 Å². The lowest BCUT2D eigenvalue weighted by Gasteiger charge is -2.59. The monoisotopic (exact) mass is 518 g/mol. The van der Waals surface area contributed by atoms with Gasteiger partial charge in [0.15, 0.2) is 0 Å². The molecule has 0 amide bonds. The van der Waals surface area contributed by atoms with Crippen LogP contribution < -0.4 is 0 Å². The van der Waals surface area contributed by atoms with E-state index in [9.17, 15) is 18.8 Å². The second-order valence-electron chi connectivity index (χ2n) is 10.3. The number of hydrogen-bond acceptors (Lipinski definition) is 7. The summed E-state index contributed by atoms with van der Waals surface area (Å²) in [5, 5.41) is 10.6. The molecule has 34 heavy (non-hydrogen) atoms. The van der Waals surface area contributed by atoms with Crippen molar-refractivity contribution < 1.29 is 32.5 Å². The van der Waals surface area contributed by atoms with E-state index in [4.69, 9.17) is 13.7 Å². The van der Waals surface area contributed by atoms with Crippen LogP contribution in [0.15, 0.2) is 29.2 Å². The molecule has 2 rings (SSSR count). The Kier molecular flexibility index (Phi) is 9.55. The topological polar surface area (TPSA) is 85.2 Å². The van der Waals surface area contributed by atoms with Crippen LogP contribution in [0.3, 0.4) is 0 Å². The molecular formula is C25H39FO6S2. The summed E-state index contributed by atoms with van der Waals surface area (Å²) in [5.41, 5.74) is 0.314. The molecule has 1 aromatic carbocycles. The van der Waals surface area contributed by atoms with Crippen molar-refractivity contribution in [1.82, 2.24) is 0 Å². The van der Waals surface area contributed by atoms with Crippen molar-refractivity contribution in [3.05, 3.63) is 40.6 Å². The van der Waals surface area contributed by atoms with Gasteiger partial charge in [0.05, 0.1) is 28.8 Å². The van der Waals surface area contributed by atoms with E-state index in [0.717, 1.165) is 11.8 Å². The van der Waals surface area contributed by atoms with Gasteiger partial charge in [-0.3, -0.25) is 8.74 Å². The van der Waals surface area contributed by atoms with Crippen molar-refractivity contribution >= 4 is 34.1 Å². The summed E-state index contributed by atoms with van der Waals surface area (Å²) in [6.45, 7) is 15.9. The highest BCUT2D eigenvalue weighted by Crippen LogP contribution is 2.66. The number of ether oxygens (including phenoxy) is 2. The minimum Gasteiger partial charge on any atom is -0.506 e. The first-order chi connectivity index (χ1) is 15.6. The van der Waals surface area contributed by atoms with Crippen molar-refractivity contribution in [2.45, 2.75) is 88.8 Å². The van der Waals surface area contributed by atoms with Crippen LogP contribution in [0.1, 0.15) is 67.4 Å². The number of rotatable bonds is 7. The molecule has 3 unspecified atom stereocenters. The van der Waals surface area contributed by atoms with E-state index in [-0.39, 0.29) is 28.6 Å². The predicted octanol–water partition coefficient (Wildman–Crippen LogP) is 6.70. The van der Waals surface area contributed by atoms with Gasteiger partial charge >= 0.3 is 5.97 Å². The lowest BCUT2D eigenvalue weighted by atomic mass is 10.1. The van der Waals surface area contributed by atoms with Crippen LogP contribution in [0.5, 0.6) is 0 Å². The third-order valence-electron chi connectivity index (χ3n) is 5.56. The number of aliphatic hydroxyl groups excluding tert-OH is 1. The number of halogens is 1. The van der Waals surface area contributed by atoms with E-state index < -0.39 is 38.0 Å². The van der Waals surface area contributed by atoms with Gasteiger partial charge in [-0.15, -0.1) is 11.8 Å². The number of aliphatic hydroxyl groups is 1. The Labute approximate surface area is 209 Å². The third-order valence-corrected chi connectivity index (χ3v) is 10.7. The van der Waals surface area contributed by atoms with Crippen LogP contribution in [0, 0.1) is 5.82 Å². The van der Waals surface area contributed by atoms with Gasteiger partial charge in [0, 0.05) is 10.8 Å². The van der Waals surface area contributed by atoms with Gasteiger partial charge in [-0.2, -0.15) is 10.6 Å². The van der Waals surface area contributed by atoms with Crippen LogP contribution in [-0.4, -0.2) is 55.8 Å². The highest BCUT2D eigenvalue weighted by Gasteiger charge is 2.46. The van der Waals surface area contributed by atoms with E-state index in [2.05, 4.69) is 0 Å². The molecule has 194 valence electrons. The molecule has 1 fully saturated rings. The number of carbonyl (C=O) groups excluding carboxylic acids is 1. The Morgan fingerprint density at radius 2 is 1.74 bits per heavy atom. The minimum atomic E-state index is -2.52. The Balaban J connectivity index is 2.32. The van der Waals surface area contributed by atoms with E-state index in [1.807, 2.05) is 48.5 Å². The number of benzene rings is 1. The fourth-order valence-electron chi connectivity index (χ4n) is 3.77. The summed E-state index contributed by atoms with van der Waals surface area (Å²) >= 11 is 1.15. The molecule has 6 nitrogen and oxygen atoms in total. The summed E-state index contributed by atoms with van der Waals surface area (Å²) in [6.07, 6.45) is -0.144. The van der Waals surface area contributed by atoms with Crippen LogP contribution in [0.4, 0.5) is 4.39 Å². The molecule has 2 N–H and O–H groups in total. The molecule has 1 heterocycles. The van der Waals surface area contributed by atoms with Crippen LogP contribution in [0.25, 0.3) is 5.76 Å². The highest BCUT2D eigenvalue weighted by atomic mass is 32.3. The van der Waals surface area contributed by atoms with Crippen LogP contribution >= 0.6 is 22.4 Å². The minimum absolute atomic E-state index is 0.0320. The highest BCUT2D eigenvalue weighted by molar-refractivity contribution is 8.27. The zero-order valence-corrected chi connectivity index (χ0v) is 23.0. The standard InChI is InChI=1S/C25H39FO6S2/c1-9-30-23(28)22(21(27)17-10-12-18(26)13-11-17)33-19-14-20(16(2)31-15-19)32-34(29,24(3,4)5)25(6,7)8/h10-13,16,19-20,27,29H,9,14-15H2,1-8H3/b22-21-. The van der Waals surface area contributed by atoms with E-state index in [0.29, 0.717) is 18.6 Å². The Morgan fingerprint density at radius 1 is 1.18 bits per heavy atom. The van der Waals surface area contributed by atoms with E-state index in [1.54, 1.807) is 6.92 Å². The quantitative estimate of drug-likeness (QED) is 0.236. The first-order valence-corrected chi connectivity index (χ1v) is 13.9. The SMILES string of the molecule is CCOC(=O)/C(SC1COC(C)C(OS(O)(C(C)(C)C)C(C)(C)C)C1)=C(/O)c1ccc(F)cc1. The van der Waals surface area contributed by atoms with Gasteiger partial charge in [-0.05, 0) is 86.1 Å². The largest absolute Gasteiger partial charge is 0.506 e. The Bertz CT molecular complexity index is 859. The molecule has 1 saturated heterocycles. The normalized spacial score (nSPS) is 23.3. The van der Waals surface area contributed by atoms with Crippen LogP contribution in [0.2, 0.25) is 0 Å². The summed E-state index contributed by atoms with van der Waals surface area (Å²) in [7, 11) is -2.52. The molecule has 0 aliphatic carbocycles. The molecule has 0 radical (unpaired) electrons. The smallest absolute Gasteiger partial charge is 0.348 e. The zero-order valence-electron chi connectivity index (χ0n) is 21.4. The van der Waals surface area contributed by atoms with Gasteiger partial charge in [0.1, 0.15) is 22.6 Å². The second kappa shape index (κ2) is 11.2. The number of esters is 1. The van der Waals surface area contributed by atoms with Crippen LogP contribution in [-0.2, 0) is 18.5 Å². The van der Waals surface area contributed by atoms with E-state index in [1.165, 1.54) is 24.3 Å². The molecule has 3 atom stereocenters. The van der Waals surface area contributed by atoms with Gasteiger partial charge in [0.25, 0.3) is 0 Å². The van der Waals surface area contributed by atoms with Gasteiger partial charge in [0.2, 0.25) is 0 Å². The molecule has 9 heteroatoms. The molecule has 0 spiro atoms. The summed E-state index contributed by atoms with van der Waals surface area (Å²) in [6, 6.07) is 5.26. The average molecular weight is 519 g/mol. The molecule has 0 aromatic heterocycles. The summed E-state index contributed by atoms with van der Waals surface area (Å²) in [5.74, 6) is -1.37. The number of thioether (sulfide) groups is 1. The number of hydrogen-bond donors (Lipinski definition) is 2. The van der Waals surface area contributed by atoms with Gasteiger partial charge in [-0.25, -0.2) is 9.18 Å². The third kappa shape index (κ3) is 6.69.